The van der Waals surface area contributed by atoms with E-state index in [9.17, 15) is 9.18 Å². The van der Waals surface area contributed by atoms with Crippen molar-refractivity contribution in [2.24, 2.45) is 0 Å². The van der Waals surface area contributed by atoms with Gasteiger partial charge in [0.05, 0.1) is 5.69 Å². The van der Waals surface area contributed by atoms with Gasteiger partial charge in [0.1, 0.15) is 5.82 Å². The number of carbonyl (C=O) groups is 1. The largest absolute Gasteiger partial charge is 0.436 e. The molecule has 1 heterocycles. The summed E-state index contributed by atoms with van der Waals surface area (Å²) in [5.41, 5.74) is 0.957. The van der Waals surface area contributed by atoms with E-state index in [4.69, 9.17) is 4.42 Å². The molecule has 1 aromatic heterocycles. The van der Waals surface area contributed by atoms with Crippen molar-refractivity contribution in [3.05, 3.63) is 53.0 Å². The summed E-state index contributed by atoms with van der Waals surface area (Å²) in [4.78, 5) is 15.8. The molecule has 0 saturated carbocycles. The maximum Gasteiger partial charge on any atom is 0.289 e. The Bertz CT molecular complexity index is 578. The van der Waals surface area contributed by atoms with Gasteiger partial charge in [-0.15, -0.1) is 0 Å². The Morgan fingerprint density at radius 2 is 2.11 bits per heavy atom. The van der Waals surface area contributed by atoms with E-state index in [1.165, 1.54) is 6.07 Å². The molecule has 2 aromatic rings. The standard InChI is InChI=1S/C13H13FN2O2/c1-8-12(18-9(2)16-8)13(17)15-7-10-5-3-4-6-11(10)14/h3-6H,7H2,1-2H3,(H,15,17). The molecule has 0 fully saturated rings. The van der Waals surface area contributed by atoms with Crippen LogP contribution in [0.3, 0.4) is 0 Å². The van der Waals surface area contributed by atoms with E-state index in [2.05, 4.69) is 10.3 Å². The third-order valence-corrected chi connectivity index (χ3v) is 2.51. The second kappa shape index (κ2) is 5.00. The molecule has 0 aliphatic carbocycles. The van der Waals surface area contributed by atoms with E-state index in [-0.39, 0.29) is 18.1 Å². The zero-order valence-corrected chi connectivity index (χ0v) is 10.2. The van der Waals surface area contributed by atoms with Crippen LogP contribution in [0.4, 0.5) is 4.39 Å². The average molecular weight is 248 g/mol. The number of hydrogen-bond acceptors (Lipinski definition) is 3. The molecule has 0 aliphatic rings. The lowest BCUT2D eigenvalue weighted by molar-refractivity contribution is 0.0920. The van der Waals surface area contributed by atoms with E-state index in [0.29, 0.717) is 17.1 Å². The van der Waals surface area contributed by atoms with Gasteiger partial charge in [-0.25, -0.2) is 9.37 Å². The first-order valence-electron chi connectivity index (χ1n) is 5.53. The van der Waals surface area contributed by atoms with Crippen molar-refractivity contribution in [1.29, 1.82) is 0 Å². The van der Waals surface area contributed by atoms with Crippen molar-refractivity contribution in [3.8, 4) is 0 Å². The summed E-state index contributed by atoms with van der Waals surface area (Å²) < 4.78 is 18.5. The summed E-state index contributed by atoms with van der Waals surface area (Å²) in [6, 6.07) is 6.29. The maximum atomic E-state index is 13.3. The summed E-state index contributed by atoms with van der Waals surface area (Å²) >= 11 is 0. The Hall–Kier alpha value is -2.17. The zero-order chi connectivity index (χ0) is 13.1. The lowest BCUT2D eigenvalue weighted by Gasteiger charge is -2.04. The van der Waals surface area contributed by atoms with Gasteiger partial charge in [-0.05, 0) is 13.0 Å². The predicted octanol–water partition coefficient (Wildman–Crippen LogP) is 2.36. The fourth-order valence-corrected chi connectivity index (χ4v) is 1.64. The highest BCUT2D eigenvalue weighted by Crippen LogP contribution is 2.10. The number of oxazole rings is 1. The van der Waals surface area contributed by atoms with Gasteiger partial charge in [0.25, 0.3) is 5.91 Å². The molecule has 1 N–H and O–H groups in total. The summed E-state index contributed by atoms with van der Waals surface area (Å²) in [6.07, 6.45) is 0. The highest BCUT2D eigenvalue weighted by atomic mass is 19.1. The summed E-state index contributed by atoms with van der Waals surface area (Å²) in [6.45, 7) is 3.47. The number of hydrogen-bond donors (Lipinski definition) is 1. The second-order valence-corrected chi connectivity index (χ2v) is 3.92. The predicted molar refractivity (Wildman–Crippen MR) is 63.5 cm³/mol. The van der Waals surface area contributed by atoms with Crippen molar-refractivity contribution in [1.82, 2.24) is 10.3 Å². The maximum absolute atomic E-state index is 13.3. The van der Waals surface area contributed by atoms with Crippen LogP contribution in [0.25, 0.3) is 0 Å². The van der Waals surface area contributed by atoms with Gasteiger partial charge in [0.15, 0.2) is 5.89 Å². The summed E-state index contributed by atoms with van der Waals surface area (Å²) in [5, 5.41) is 2.60. The third kappa shape index (κ3) is 2.56. The van der Waals surface area contributed by atoms with Crippen molar-refractivity contribution in [2.45, 2.75) is 20.4 Å². The van der Waals surface area contributed by atoms with E-state index < -0.39 is 5.91 Å². The number of aryl methyl sites for hydroxylation is 2. The minimum Gasteiger partial charge on any atom is -0.436 e. The lowest BCUT2D eigenvalue weighted by Crippen LogP contribution is -2.23. The Morgan fingerprint density at radius 1 is 1.39 bits per heavy atom. The average Bonchev–Trinajstić information content (AvgIpc) is 2.67. The van der Waals surface area contributed by atoms with Gasteiger partial charge in [0.2, 0.25) is 5.76 Å². The van der Waals surface area contributed by atoms with Crippen LogP contribution in [0, 0.1) is 19.7 Å². The van der Waals surface area contributed by atoms with Gasteiger partial charge < -0.3 is 9.73 Å². The first kappa shape index (κ1) is 12.3. The van der Waals surface area contributed by atoms with E-state index in [1.807, 2.05) is 0 Å². The SMILES string of the molecule is Cc1nc(C)c(C(=O)NCc2ccccc2F)o1. The second-order valence-electron chi connectivity index (χ2n) is 3.92. The smallest absolute Gasteiger partial charge is 0.289 e. The minimum absolute atomic E-state index is 0.116. The molecule has 2 rings (SSSR count). The van der Waals surface area contributed by atoms with Crippen LogP contribution in [0.5, 0.6) is 0 Å². The quantitative estimate of drug-likeness (QED) is 0.907. The topological polar surface area (TPSA) is 55.1 Å². The van der Waals surface area contributed by atoms with Gasteiger partial charge in [-0.1, -0.05) is 18.2 Å². The van der Waals surface area contributed by atoms with Gasteiger partial charge in [0, 0.05) is 19.0 Å². The lowest BCUT2D eigenvalue weighted by atomic mass is 10.2. The van der Waals surface area contributed by atoms with E-state index in [0.717, 1.165) is 0 Å². The Balaban J connectivity index is 2.05. The van der Waals surface area contributed by atoms with Crippen LogP contribution in [-0.2, 0) is 6.54 Å². The number of nitrogens with zero attached hydrogens (tertiary/aromatic N) is 1. The van der Waals surface area contributed by atoms with E-state index >= 15 is 0 Å². The molecule has 0 unspecified atom stereocenters. The Labute approximate surface area is 104 Å². The number of carbonyl (C=O) groups excluding carboxylic acids is 1. The molecule has 0 saturated heterocycles. The van der Waals surface area contributed by atoms with Crippen LogP contribution in [0.15, 0.2) is 28.7 Å². The molecule has 0 bridgehead atoms. The number of aromatic nitrogens is 1. The fraction of sp³-hybridized carbons (Fsp3) is 0.231. The number of amides is 1. The molecule has 18 heavy (non-hydrogen) atoms. The third-order valence-electron chi connectivity index (χ3n) is 2.51. The van der Waals surface area contributed by atoms with Crippen LogP contribution < -0.4 is 5.32 Å². The number of nitrogens with one attached hydrogen (secondary N) is 1. The molecule has 0 radical (unpaired) electrons. The number of rotatable bonds is 3. The first-order chi connectivity index (χ1) is 8.58. The van der Waals surface area contributed by atoms with Crippen LogP contribution in [0.2, 0.25) is 0 Å². The number of halogens is 1. The van der Waals surface area contributed by atoms with Gasteiger partial charge >= 0.3 is 0 Å². The Kier molecular flexibility index (Phi) is 3.41. The molecule has 1 amide bonds. The molecule has 4 nitrogen and oxygen atoms in total. The summed E-state index contributed by atoms with van der Waals surface area (Å²) in [5.74, 6) is -0.132. The molecule has 0 aliphatic heterocycles. The van der Waals surface area contributed by atoms with Crippen LogP contribution in [0.1, 0.15) is 27.7 Å². The molecule has 0 spiro atoms. The van der Waals surface area contributed by atoms with Crippen LogP contribution >= 0.6 is 0 Å². The van der Waals surface area contributed by atoms with Crippen molar-refractivity contribution in [3.63, 3.8) is 0 Å². The van der Waals surface area contributed by atoms with Crippen molar-refractivity contribution in [2.75, 3.05) is 0 Å². The molecule has 0 atom stereocenters. The fourth-order valence-electron chi connectivity index (χ4n) is 1.64. The van der Waals surface area contributed by atoms with Gasteiger partial charge in [-0.2, -0.15) is 0 Å². The normalized spacial score (nSPS) is 10.4. The van der Waals surface area contributed by atoms with Gasteiger partial charge in [-0.3, -0.25) is 4.79 Å². The zero-order valence-electron chi connectivity index (χ0n) is 10.2. The minimum atomic E-state index is -0.392. The Morgan fingerprint density at radius 3 is 2.72 bits per heavy atom. The number of benzene rings is 1. The van der Waals surface area contributed by atoms with Crippen LogP contribution in [-0.4, -0.2) is 10.9 Å². The monoisotopic (exact) mass is 248 g/mol. The molecule has 1 aromatic carbocycles. The molecular formula is C13H13FN2O2. The molecule has 94 valence electrons. The highest BCUT2D eigenvalue weighted by molar-refractivity contribution is 5.92. The van der Waals surface area contributed by atoms with Crippen molar-refractivity contribution >= 4 is 5.91 Å². The molecular weight excluding hydrogens is 235 g/mol. The first-order valence-corrected chi connectivity index (χ1v) is 5.53. The molecule has 5 heteroatoms. The summed E-state index contributed by atoms with van der Waals surface area (Å²) in [7, 11) is 0. The highest BCUT2D eigenvalue weighted by Gasteiger charge is 2.15. The van der Waals surface area contributed by atoms with E-state index in [1.54, 1.807) is 32.0 Å². The van der Waals surface area contributed by atoms with Crippen molar-refractivity contribution < 1.29 is 13.6 Å².